The Hall–Kier alpha value is -2.98. The lowest BCUT2D eigenvalue weighted by Gasteiger charge is -2.27. The van der Waals surface area contributed by atoms with Gasteiger partial charge in [0.25, 0.3) is 0 Å². The first-order chi connectivity index (χ1) is 15.6. The lowest BCUT2D eigenvalue weighted by molar-refractivity contribution is -0.165. The highest BCUT2D eigenvalue weighted by atomic mass is 16.6. The summed E-state index contributed by atoms with van der Waals surface area (Å²) in [6.07, 6.45) is 0. The molecule has 184 valence electrons. The summed E-state index contributed by atoms with van der Waals surface area (Å²) in [5.41, 5.74) is 14.1. The Balaban J connectivity index is 3.56. The van der Waals surface area contributed by atoms with E-state index in [2.05, 4.69) is 0 Å². The highest BCUT2D eigenvalue weighted by Crippen LogP contribution is 2.33. The zero-order chi connectivity index (χ0) is 25.1. The zero-order valence-electron chi connectivity index (χ0n) is 19.8. The number of hydrogen-bond acceptors (Lipinski definition) is 10. The van der Waals surface area contributed by atoms with E-state index in [0.717, 1.165) is 5.56 Å². The van der Waals surface area contributed by atoms with Crippen LogP contribution in [0.25, 0.3) is 0 Å². The van der Waals surface area contributed by atoms with E-state index in [4.69, 9.17) is 30.4 Å². The van der Waals surface area contributed by atoms with Crippen molar-refractivity contribution in [2.45, 2.75) is 46.7 Å². The third-order valence-corrected chi connectivity index (χ3v) is 4.84. The van der Waals surface area contributed by atoms with Crippen LogP contribution in [0.4, 0.5) is 0 Å². The molecule has 33 heavy (non-hydrogen) atoms. The van der Waals surface area contributed by atoms with Gasteiger partial charge in [-0.05, 0) is 45.7 Å². The lowest BCUT2D eigenvalue weighted by Crippen LogP contribution is -2.40. The Morgan fingerprint density at radius 2 is 1.00 bits per heavy atom. The largest absolute Gasteiger partial charge is 0.465 e. The fourth-order valence-electron chi connectivity index (χ4n) is 3.35. The molecule has 0 fully saturated rings. The molecule has 1 rings (SSSR count). The zero-order valence-corrected chi connectivity index (χ0v) is 19.8. The summed E-state index contributed by atoms with van der Waals surface area (Å²) < 4.78 is 20.1. The molecule has 0 spiro atoms. The number of benzene rings is 1. The minimum Gasteiger partial charge on any atom is -0.465 e. The van der Waals surface area contributed by atoms with Crippen LogP contribution < -0.4 is 11.5 Å². The molecule has 1 aromatic carbocycles. The van der Waals surface area contributed by atoms with Gasteiger partial charge in [0, 0.05) is 0 Å². The van der Waals surface area contributed by atoms with E-state index in [-0.39, 0.29) is 32.0 Å². The van der Waals surface area contributed by atoms with E-state index in [0.29, 0.717) is 5.56 Å². The molecular weight excluding hydrogens is 432 g/mol. The highest BCUT2D eigenvalue weighted by molar-refractivity contribution is 5.97. The predicted octanol–water partition coefficient (Wildman–Crippen LogP) is 1.48. The number of esters is 4. The lowest BCUT2D eigenvalue weighted by atomic mass is 9.83. The molecule has 10 heteroatoms. The Morgan fingerprint density at radius 3 is 1.33 bits per heavy atom. The normalized spacial score (nSPS) is 12.8. The summed E-state index contributed by atoms with van der Waals surface area (Å²) in [6, 6.07) is 2.51. The number of carbonyl (C=O) groups excluding carboxylic acids is 4. The van der Waals surface area contributed by atoms with E-state index in [1.165, 1.54) is 0 Å². The first-order valence-corrected chi connectivity index (χ1v) is 10.9. The minimum atomic E-state index is -1.47. The summed E-state index contributed by atoms with van der Waals surface area (Å²) in [5, 5.41) is 0. The van der Waals surface area contributed by atoms with E-state index >= 15 is 0 Å². The molecule has 2 atom stereocenters. The molecule has 0 saturated heterocycles. The average molecular weight is 467 g/mol. The maximum absolute atomic E-state index is 12.6. The summed E-state index contributed by atoms with van der Waals surface area (Å²) in [4.78, 5) is 50.3. The summed E-state index contributed by atoms with van der Waals surface area (Å²) >= 11 is 0. The van der Waals surface area contributed by atoms with Gasteiger partial charge in [0.2, 0.25) is 0 Å². The van der Waals surface area contributed by atoms with Crippen LogP contribution in [-0.4, -0.2) is 50.3 Å². The van der Waals surface area contributed by atoms with Gasteiger partial charge in [0.05, 0.1) is 38.5 Å². The Labute approximate surface area is 193 Å². The van der Waals surface area contributed by atoms with E-state index in [1.54, 1.807) is 52.8 Å². The quantitative estimate of drug-likeness (QED) is 0.262. The van der Waals surface area contributed by atoms with Crippen molar-refractivity contribution >= 4 is 23.9 Å². The third kappa shape index (κ3) is 7.26. The molecule has 0 aliphatic rings. The molecule has 0 aliphatic heterocycles. The standard InChI is InChI=1S/C23H34N2O8/c1-6-30-20(26)16(21(27)31-7-2)18(24)14-11-10-13(5)12-15(14)19(25)17(22(28)32-8-3)23(29)33-9-4/h10-12,16-19H,6-9,24-25H2,1-5H3. The van der Waals surface area contributed by atoms with Gasteiger partial charge in [-0.25, -0.2) is 0 Å². The van der Waals surface area contributed by atoms with Crippen LogP contribution in [0.1, 0.15) is 56.5 Å². The summed E-state index contributed by atoms with van der Waals surface area (Å²) in [7, 11) is 0. The molecule has 0 saturated carbocycles. The van der Waals surface area contributed by atoms with Gasteiger partial charge in [-0.2, -0.15) is 0 Å². The molecule has 1 aromatic rings. The van der Waals surface area contributed by atoms with Gasteiger partial charge in [-0.1, -0.05) is 23.8 Å². The number of rotatable bonds is 12. The van der Waals surface area contributed by atoms with Crippen LogP contribution in [0.15, 0.2) is 18.2 Å². The van der Waals surface area contributed by atoms with Crippen LogP contribution in [0.2, 0.25) is 0 Å². The highest BCUT2D eigenvalue weighted by Gasteiger charge is 2.41. The molecule has 2 unspecified atom stereocenters. The van der Waals surface area contributed by atoms with Gasteiger partial charge in [0.1, 0.15) is 0 Å². The van der Waals surface area contributed by atoms with Gasteiger partial charge in [0.15, 0.2) is 11.8 Å². The van der Waals surface area contributed by atoms with Crippen molar-refractivity contribution in [1.29, 1.82) is 0 Å². The third-order valence-electron chi connectivity index (χ3n) is 4.84. The number of hydrogen-bond donors (Lipinski definition) is 2. The second-order valence-corrected chi connectivity index (χ2v) is 7.15. The van der Waals surface area contributed by atoms with E-state index in [9.17, 15) is 19.2 Å². The smallest absolute Gasteiger partial charge is 0.322 e. The Kier molecular flexibility index (Phi) is 11.5. The van der Waals surface area contributed by atoms with Crippen LogP contribution in [0.5, 0.6) is 0 Å². The van der Waals surface area contributed by atoms with Gasteiger partial charge in [-0.15, -0.1) is 0 Å². The van der Waals surface area contributed by atoms with Crippen molar-refractivity contribution in [2.75, 3.05) is 26.4 Å². The number of carbonyl (C=O) groups is 4. The molecule has 0 aromatic heterocycles. The Bertz CT molecular complexity index is 806. The van der Waals surface area contributed by atoms with E-state index < -0.39 is 47.8 Å². The topological polar surface area (TPSA) is 157 Å². The fourth-order valence-corrected chi connectivity index (χ4v) is 3.35. The predicted molar refractivity (Wildman–Crippen MR) is 119 cm³/mol. The Morgan fingerprint density at radius 1 is 0.667 bits per heavy atom. The molecular formula is C23H34N2O8. The van der Waals surface area contributed by atoms with Gasteiger partial charge < -0.3 is 30.4 Å². The maximum atomic E-state index is 12.6. The van der Waals surface area contributed by atoms with Crippen molar-refractivity contribution in [3.63, 3.8) is 0 Å². The monoisotopic (exact) mass is 466 g/mol. The van der Waals surface area contributed by atoms with Crippen molar-refractivity contribution in [1.82, 2.24) is 0 Å². The second-order valence-electron chi connectivity index (χ2n) is 7.15. The number of aryl methyl sites for hydroxylation is 1. The molecule has 0 amide bonds. The van der Waals surface area contributed by atoms with Crippen LogP contribution in [0, 0.1) is 18.8 Å². The SMILES string of the molecule is CCOC(=O)C(C(=O)OCC)C(N)c1ccc(C)cc1C(N)C(C(=O)OCC)C(=O)OCC. The molecule has 0 bridgehead atoms. The average Bonchev–Trinajstić information content (AvgIpc) is 2.74. The van der Waals surface area contributed by atoms with Gasteiger partial charge in [-0.3, -0.25) is 19.2 Å². The van der Waals surface area contributed by atoms with Crippen LogP contribution in [0.3, 0.4) is 0 Å². The van der Waals surface area contributed by atoms with Crippen molar-refractivity contribution in [3.05, 3.63) is 34.9 Å². The van der Waals surface area contributed by atoms with Crippen molar-refractivity contribution in [3.8, 4) is 0 Å². The fraction of sp³-hybridized carbons (Fsp3) is 0.565. The summed E-state index contributed by atoms with van der Waals surface area (Å²) in [5.74, 6) is -6.34. The first-order valence-electron chi connectivity index (χ1n) is 10.9. The molecule has 4 N–H and O–H groups in total. The number of ether oxygens (including phenoxy) is 4. The van der Waals surface area contributed by atoms with Gasteiger partial charge >= 0.3 is 23.9 Å². The first kappa shape index (κ1) is 28.1. The molecule has 10 nitrogen and oxygen atoms in total. The summed E-state index contributed by atoms with van der Waals surface area (Å²) in [6.45, 7) is 8.33. The van der Waals surface area contributed by atoms with Crippen molar-refractivity contribution in [2.24, 2.45) is 23.3 Å². The number of nitrogens with two attached hydrogens (primary N) is 2. The molecule has 0 aliphatic carbocycles. The second kappa shape index (κ2) is 13.5. The van der Waals surface area contributed by atoms with Crippen molar-refractivity contribution < 1.29 is 38.1 Å². The molecule has 0 radical (unpaired) electrons. The van der Waals surface area contributed by atoms with Crippen LogP contribution >= 0.6 is 0 Å². The van der Waals surface area contributed by atoms with Crippen LogP contribution in [-0.2, 0) is 38.1 Å². The minimum absolute atomic E-state index is 0.0371. The molecule has 0 heterocycles. The van der Waals surface area contributed by atoms with E-state index in [1.807, 2.05) is 0 Å². The maximum Gasteiger partial charge on any atom is 0.322 e.